The maximum absolute atomic E-state index is 5.34. The van der Waals surface area contributed by atoms with Gasteiger partial charge >= 0.3 is 0 Å². The summed E-state index contributed by atoms with van der Waals surface area (Å²) in [5, 5.41) is 3.32. The van der Waals surface area contributed by atoms with Gasteiger partial charge in [0.2, 0.25) is 0 Å². The zero-order chi connectivity index (χ0) is 11.5. The van der Waals surface area contributed by atoms with Crippen molar-refractivity contribution in [2.75, 3.05) is 7.11 Å². The molecule has 1 rings (SSSR count). The Morgan fingerprint density at radius 1 is 1.40 bits per heavy atom. The third kappa shape index (κ3) is 2.75. The zero-order valence-corrected chi connectivity index (χ0v) is 11.3. The van der Waals surface area contributed by atoms with E-state index in [2.05, 4.69) is 33.1 Å². The standard InChI is InChI=1S/C13H22OS/c1-6-7-8-13(3,4)11-9-15-12(14-5)10(11)2/h9H,6-8H2,1-5H3. The quantitative estimate of drug-likeness (QED) is 0.716. The second-order valence-electron chi connectivity index (χ2n) is 4.75. The fourth-order valence-electron chi connectivity index (χ4n) is 2.02. The molecule has 0 atom stereocenters. The number of thiophene rings is 1. The van der Waals surface area contributed by atoms with Gasteiger partial charge in [-0.1, -0.05) is 33.6 Å². The molecule has 0 aliphatic carbocycles. The monoisotopic (exact) mass is 226 g/mol. The van der Waals surface area contributed by atoms with E-state index in [1.807, 2.05) is 0 Å². The van der Waals surface area contributed by atoms with Crippen LogP contribution in [0.5, 0.6) is 5.06 Å². The molecule has 2 heteroatoms. The van der Waals surface area contributed by atoms with Crippen LogP contribution in [0.15, 0.2) is 5.38 Å². The Morgan fingerprint density at radius 3 is 2.53 bits per heavy atom. The van der Waals surface area contributed by atoms with Crippen molar-refractivity contribution in [2.24, 2.45) is 0 Å². The molecule has 0 amide bonds. The molecule has 0 aliphatic heterocycles. The highest BCUT2D eigenvalue weighted by atomic mass is 32.1. The number of methoxy groups -OCH3 is 1. The molecule has 1 heterocycles. The summed E-state index contributed by atoms with van der Waals surface area (Å²) in [5.74, 6) is 0. The van der Waals surface area contributed by atoms with Gasteiger partial charge in [-0.2, -0.15) is 0 Å². The first-order valence-electron chi connectivity index (χ1n) is 5.65. The molecule has 1 aromatic rings. The first-order valence-corrected chi connectivity index (χ1v) is 6.53. The summed E-state index contributed by atoms with van der Waals surface area (Å²) in [6.45, 7) is 9.07. The Labute approximate surface area is 97.5 Å². The first kappa shape index (κ1) is 12.6. The third-order valence-corrected chi connectivity index (χ3v) is 4.10. The van der Waals surface area contributed by atoms with Crippen LogP contribution in [0, 0.1) is 6.92 Å². The lowest BCUT2D eigenvalue weighted by molar-refractivity contribution is 0.418. The summed E-state index contributed by atoms with van der Waals surface area (Å²) < 4.78 is 5.34. The van der Waals surface area contributed by atoms with E-state index < -0.39 is 0 Å². The van der Waals surface area contributed by atoms with Gasteiger partial charge in [-0.3, -0.25) is 0 Å². The lowest BCUT2D eigenvalue weighted by Crippen LogP contribution is -2.17. The van der Waals surface area contributed by atoms with Gasteiger partial charge in [-0.05, 0) is 29.7 Å². The van der Waals surface area contributed by atoms with Crippen LogP contribution in [0.3, 0.4) is 0 Å². The highest BCUT2D eigenvalue weighted by Gasteiger charge is 2.24. The second-order valence-corrected chi connectivity index (χ2v) is 5.60. The maximum atomic E-state index is 5.34. The predicted octanol–water partition coefficient (Wildman–Crippen LogP) is 4.53. The topological polar surface area (TPSA) is 9.23 Å². The van der Waals surface area contributed by atoms with E-state index in [-0.39, 0.29) is 5.41 Å². The average Bonchev–Trinajstić information content (AvgIpc) is 2.57. The van der Waals surface area contributed by atoms with Crippen molar-refractivity contribution in [1.29, 1.82) is 0 Å². The van der Waals surface area contributed by atoms with Crippen molar-refractivity contribution in [3.63, 3.8) is 0 Å². The number of hydrogen-bond donors (Lipinski definition) is 0. The molecule has 1 aromatic heterocycles. The largest absolute Gasteiger partial charge is 0.487 e. The SMILES string of the molecule is CCCCC(C)(C)c1csc(OC)c1C. The maximum Gasteiger partial charge on any atom is 0.176 e. The number of unbranched alkanes of at least 4 members (excludes halogenated alkanes) is 1. The van der Waals surface area contributed by atoms with Crippen LogP contribution in [-0.2, 0) is 5.41 Å². The van der Waals surface area contributed by atoms with Crippen molar-refractivity contribution in [3.05, 3.63) is 16.5 Å². The van der Waals surface area contributed by atoms with Crippen LogP contribution >= 0.6 is 11.3 Å². The van der Waals surface area contributed by atoms with Crippen molar-refractivity contribution in [3.8, 4) is 5.06 Å². The highest BCUT2D eigenvalue weighted by molar-refractivity contribution is 7.12. The first-order chi connectivity index (χ1) is 7.03. The van der Waals surface area contributed by atoms with Crippen molar-refractivity contribution >= 4 is 11.3 Å². The van der Waals surface area contributed by atoms with Gasteiger partial charge in [0.25, 0.3) is 0 Å². The fraction of sp³-hybridized carbons (Fsp3) is 0.692. The van der Waals surface area contributed by atoms with Crippen LogP contribution in [-0.4, -0.2) is 7.11 Å². The van der Waals surface area contributed by atoms with Crippen LogP contribution in [0.1, 0.15) is 51.2 Å². The Bertz CT molecular complexity index is 312. The Morgan fingerprint density at radius 2 is 2.07 bits per heavy atom. The molecule has 0 radical (unpaired) electrons. The minimum absolute atomic E-state index is 0.285. The third-order valence-electron chi connectivity index (χ3n) is 3.06. The molecule has 0 N–H and O–H groups in total. The molecule has 0 aromatic carbocycles. The van der Waals surface area contributed by atoms with Gasteiger partial charge in [0.1, 0.15) is 0 Å². The van der Waals surface area contributed by atoms with E-state index >= 15 is 0 Å². The summed E-state index contributed by atoms with van der Waals surface area (Å²) in [7, 11) is 1.75. The number of rotatable bonds is 5. The van der Waals surface area contributed by atoms with Gasteiger partial charge < -0.3 is 4.74 Å². The number of ether oxygens (including phenoxy) is 1. The van der Waals surface area contributed by atoms with Gasteiger partial charge in [-0.15, -0.1) is 11.3 Å². The normalized spacial score (nSPS) is 11.8. The summed E-state index contributed by atoms with van der Waals surface area (Å²) in [5.41, 5.74) is 3.06. The molecule has 15 heavy (non-hydrogen) atoms. The van der Waals surface area contributed by atoms with Crippen molar-refractivity contribution in [1.82, 2.24) is 0 Å². The minimum atomic E-state index is 0.285. The average molecular weight is 226 g/mol. The molecule has 0 unspecified atom stereocenters. The summed E-state index contributed by atoms with van der Waals surface area (Å²) in [6.07, 6.45) is 3.82. The molecular weight excluding hydrogens is 204 g/mol. The van der Waals surface area contributed by atoms with Gasteiger partial charge in [0, 0.05) is 5.56 Å². The van der Waals surface area contributed by atoms with Gasteiger partial charge in [0.15, 0.2) is 5.06 Å². The van der Waals surface area contributed by atoms with Gasteiger partial charge in [-0.25, -0.2) is 0 Å². The Hall–Kier alpha value is -0.500. The van der Waals surface area contributed by atoms with E-state index in [0.29, 0.717) is 0 Å². The van der Waals surface area contributed by atoms with E-state index in [1.54, 1.807) is 18.4 Å². The molecule has 1 nitrogen and oxygen atoms in total. The molecule has 0 saturated carbocycles. The molecule has 0 fully saturated rings. The summed E-state index contributed by atoms with van der Waals surface area (Å²) in [6, 6.07) is 0. The van der Waals surface area contributed by atoms with Crippen LogP contribution in [0.25, 0.3) is 0 Å². The van der Waals surface area contributed by atoms with E-state index in [9.17, 15) is 0 Å². The fourth-order valence-corrected chi connectivity index (χ4v) is 3.12. The molecule has 0 bridgehead atoms. The zero-order valence-electron chi connectivity index (χ0n) is 10.5. The van der Waals surface area contributed by atoms with E-state index in [0.717, 1.165) is 5.06 Å². The molecule has 0 saturated heterocycles. The molecule has 0 spiro atoms. The molecule has 0 aliphatic rings. The summed E-state index contributed by atoms with van der Waals surface area (Å²) >= 11 is 1.71. The highest BCUT2D eigenvalue weighted by Crippen LogP contribution is 2.39. The predicted molar refractivity (Wildman–Crippen MR) is 68.2 cm³/mol. The van der Waals surface area contributed by atoms with Gasteiger partial charge in [0.05, 0.1) is 7.11 Å². The lowest BCUT2D eigenvalue weighted by atomic mass is 9.80. The van der Waals surface area contributed by atoms with E-state index in [4.69, 9.17) is 4.74 Å². The summed E-state index contributed by atoms with van der Waals surface area (Å²) in [4.78, 5) is 0. The van der Waals surface area contributed by atoms with Crippen LogP contribution in [0.4, 0.5) is 0 Å². The van der Waals surface area contributed by atoms with Crippen LogP contribution < -0.4 is 4.74 Å². The van der Waals surface area contributed by atoms with Crippen molar-refractivity contribution in [2.45, 2.75) is 52.4 Å². The Balaban J connectivity index is 2.88. The Kier molecular flexibility index (Phi) is 4.21. The molecule has 86 valence electrons. The van der Waals surface area contributed by atoms with Crippen molar-refractivity contribution < 1.29 is 4.74 Å². The van der Waals surface area contributed by atoms with Crippen LogP contribution in [0.2, 0.25) is 0 Å². The lowest BCUT2D eigenvalue weighted by Gasteiger charge is -2.24. The molecular formula is C13H22OS. The van der Waals surface area contributed by atoms with E-state index in [1.165, 1.54) is 30.4 Å². The smallest absolute Gasteiger partial charge is 0.176 e. The second kappa shape index (κ2) is 5.02. The number of hydrogen-bond acceptors (Lipinski definition) is 2. The minimum Gasteiger partial charge on any atom is -0.487 e.